The van der Waals surface area contributed by atoms with Gasteiger partial charge in [0.1, 0.15) is 18.4 Å². The fourth-order valence-electron chi connectivity index (χ4n) is 2.94. The molecule has 0 bridgehead atoms. The second-order valence-corrected chi connectivity index (χ2v) is 6.01. The van der Waals surface area contributed by atoms with Gasteiger partial charge in [0.2, 0.25) is 5.91 Å². The number of aromatic nitrogens is 1. The minimum Gasteiger partial charge on any atom is -0.487 e. The first-order chi connectivity index (χ1) is 12.1. The number of carbonyl (C=O) groups is 2. The highest BCUT2D eigenvalue weighted by Crippen LogP contribution is 2.20. The van der Waals surface area contributed by atoms with Crippen molar-refractivity contribution in [2.45, 2.75) is 31.9 Å². The van der Waals surface area contributed by atoms with Crippen molar-refractivity contribution >= 4 is 11.9 Å². The molecule has 0 saturated carbocycles. The number of benzene rings is 1. The number of likely N-dealkylation sites (tertiary alicyclic amines) is 1. The van der Waals surface area contributed by atoms with Gasteiger partial charge in [-0.25, -0.2) is 4.79 Å². The number of aliphatic carboxylic acids is 1. The summed E-state index contributed by atoms with van der Waals surface area (Å²) in [5.41, 5.74) is 1.68. The third kappa shape index (κ3) is 4.35. The molecule has 2 heterocycles. The summed E-state index contributed by atoms with van der Waals surface area (Å²) in [6.45, 7) is 0.897. The van der Waals surface area contributed by atoms with E-state index in [0.717, 1.165) is 17.7 Å². The molecular weight excluding hydrogens is 320 g/mol. The molecule has 6 nitrogen and oxygen atoms in total. The van der Waals surface area contributed by atoms with Crippen molar-refractivity contribution in [3.63, 3.8) is 0 Å². The Kier molecular flexibility index (Phi) is 5.28. The van der Waals surface area contributed by atoms with Gasteiger partial charge in [-0.2, -0.15) is 0 Å². The van der Waals surface area contributed by atoms with Crippen molar-refractivity contribution in [1.29, 1.82) is 0 Å². The molecule has 130 valence electrons. The van der Waals surface area contributed by atoms with Crippen molar-refractivity contribution in [3.8, 4) is 5.75 Å². The molecule has 1 aliphatic rings. The average molecular weight is 340 g/mol. The Balaban J connectivity index is 1.55. The summed E-state index contributed by atoms with van der Waals surface area (Å²) >= 11 is 0. The second-order valence-electron chi connectivity index (χ2n) is 6.01. The van der Waals surface area contributed by atoms with E-state index in [0.29, 0.717) is 25.3 Å². The Morgan fingerprint density at radius 3 is 2.68 bits per heavy atom. The minimum atomic E-state index is -0.927. The van der Waals surface area contributed by atoms with Crippen LogP contribution in [0, 0.1) is 0 Å². The smallest absolute Gasteiger partial charge is 0.326 e. The van der Waals surface area contributed by atoms with Crippen molar-refractivity contribution in [3.05, 3.63) is 59.9 Å². The van der Waals surface area contributed by atoms with Crippen LogP contribution in [-0.2, 0) is 22.6 Å². The average Bonchev–Trinajstić information content (AvgIpc) is 3.12. The zero-order valence-electron chi connectivity index (χ0n) is 13.8. The van der Waals surface area contributed by atoms with E-state index < -0.39 is 12.0 Å². The number of carboxylic acid groups (broad SMARTS) is 1. The van der Waals surface area contributed by atoms with E-state index in [4.69, 9.17) is 4.74 Å². The van der Waals surface area contributed by atoms with Gasteiger partial charge < -0.3 is 14.7 Å². The number of carboxylic acids is 1. The lowest BCUT2D eigenvalue weighted by atomic mass is 10.1. The van der Waals surface area contributed by atoms with Gasteiger partial charge in [-0.15, -0.1) is 0 Å². The lowest BCUT2D eigenvalue weighted by Crippen LogP contribution is -2.41. The number of rotatable bonds is 6. The van der Waals surface area contributed by atoms with Crippen LogP contribution in [0.15, 0.2) is 48.7 Å². The van der Waals surface area contributed by atoms with Crippen LogP contribution in [-0.4, -0.2) is 39.5 Å². The van der Waals surface area contributed by atoms with Gasteiger partial charge in [-0.3, -0.25) is 9.78 Å². The number of amides is 1. The summed E-state index contributed by atoms with van der Waals surface area (Å²) in [5, 5.41) is 9.17. The minimum absolute atomic E-state index is 0.146. The summed E-state index contributed by atoms with van der Waals surface area (Å²) in [6, 6.07) is 12.2. The topological polar surface area (TPSA) is 79.7 Å². The Hall–Kier alpha value is -2.89. The van der Waals surface area contributed by atoms with E-state index in [-0.39, 0.29) is 12.3 Å². The molecule has 6 heteroatoms. The summed E-state index contributed by atoms with van der Waals surface area (Å²) < 4.78 is 5.66. The van der Waals surface area contributed by atoms with Crippen LogP contribution in [0.25, 0.3) is 0 Å². The number of carbonyl (C=O) groups excluding carboxylic acids is 1. The highest BCUT2D eigenvalue weighted by atomic mass is 16.5. The number of ether oxygens (including phenoxy) is 1. The van der Waals surface area contributed by atoms with Crippen LogP contribution in [0.4, 0.5) is 0 Å². The molecular formula is C19H20N2O4. The molecule has 0 aliphatic carbocycles. The van der Waals surface area contributed by atoms with E-state index in [1.54, 1.807) is 6.20 Å². The van der Waals surface area contributed by atoms with Gasteiger partial charge in [-0.1, -0.05) is 18.2 Å². The predicted molar refractivity (Wildman–Crippen MR) is 91.1 cm³/mol. The van der Waals surface area contributed by atoms with Gasteiger partial charge in [0.25, 0.3) is 0 Å². The monoisotopic (exact) mass is 340 g/mol. The number of hydrogen-bond donors (Lipinski definition) is 1. The molecule has 0 spiro atoms. The summed E-state index contributed by atoms with van der Waals surface area (Å²) in [7, 11) is 0. The summed E-state index contributed by atoms with van der Waals surface area (Å²) in [5.74, 6) is -0.373. The van der Waals surface area contributed by atoms with Crippen LogP contribution in [0.1, 0.15) is 24.1 Å². The van der Waals surface area contributed by atoms with Crippen molar-refractivity contribution in [1.82, 2.24) is 9.88 Å². The third-order valence-corrected chi connectivity index (χ3v) is 4.25. The third-order valence-electron chi connectivity index (χ3n) is 4.25. The van der Waals surface area contributed by atoms with E-state index in [1.165, 1.54) is 4.90 Å². The Morgan fingerprint density at radius 1 is 1.20 bits per heavy atom. The first-order valence-electron chi connectivity index (χ1n) is 8.27. The first-order valence-corrected chi connectivity index (χ1v) is 8.27. The SMILES string of the molecule is O=C(O)[C@@H]1CCCN1C(=O)Cc1ccc(OCc2ccccn2)cc1. The van der Waals surface area contributed by atoms with Gasteiger partial charge in [-0.05, 0) is 42.7 Å². The highest BCUT2D eigenvalue weighted by Gasteiger charge is 2.33. The predicted octanol–water partition coefficient (Wildman–Crippen LogP) is 2.28. The molecule has 1 aromatic carbocycles. The van der Waals surface area contributed by atoms with Crippen molar-refractivity contribution in [2.24, 2.45) is 0 Å². The molecule has 2 aromatic rings. The molecule has 1 amide bonds. The van der Waals surface area contributed by atoms with Crippen molar-refractivity contribution in [2.75, 3.05) is 6.54 Å². The molecule has 25 heavy (non-hydrogen) atoms. The summed E-state index contributed by atoms with van der Waals surface area (Å²) in [4.78, 5) is 29.2. The number of pyridine rings is 1. The van der Waals surface area contributed by atoms with E-state index in [2.05, 4.69) is 4.98 Å². The maximum absolute atomic E-state index is 12.3. The summed E-state index contributed by atoms with van der Waals surface area (Å²) in [6.07, 6.45) is 3.19. The van der Waals surface area contributed by atoms with Crippen LogP contribution in [0.2, 0.25) is 0 Å². The Morgan fingerprint density at radius 2 is 2.00 bits per heavy atom. The molecule has 1 aromatic heterocycles. The zero-order valence-corrected chi connectivity index (χ0v) is 13.8. The van der Waals surface area contributed by atoms with Crippen molar-refractivity contribution < 1.29 is 19.4 Å². The van der Waals surface area contributed by atoms with Crippen LogP contribution in [0.3, 0.4) is 0 Å². The molecule has 1 saturated heterocycles. The Bertz CT molecular complexity index is 731. The van der Waals surface area contributed by atoms with Gasteiger partial charge in [0.05, 0.1) is 12.1 Å². The van der Waals surface area contributed by atoms with Gasteiger partial charge in [0.15, 0.2) is 0 Å². The first kappa shape index (κ1) is 17.0. The molecule has 3 rings (SSSR count). The quantitative estimate of drug-likeness (QED) is 0.873. The fourth-order valence-corrected chi connectivity index (χ4v) is 2.94. The highest BCUT2D eigenvalue weighted by molar-refractivity contribution is 5.85. The van der Waals surface area contributed by atoms with E-state index in [1.807, 2.05) is 42.5 Å². The molecule has 1 aliphatic heterocycles. The van der Waals surface area contributed by atoms with E-state index in [9.17, 15) is 14.7 Å². The maximum atomic E-state index is 12.3. The van der Waals surface area contributed by atoms with Crippen LogP contribution in [0.5, 0.6) is 5.75 Å². The number of nitrogens with zero attached hydrogens (tertiary/aromatic N) is 2. The van der Waals surface area contributed by atoms with Crippen LogP contribution < -0.4 is 4.74 Å². The second kappa shape index (κ2) is 7.79. The maximum Gasteiger partial charge on any atom is 0.326 e. The van der Waals surface area contributed by atoms with Gasteiger partial charge >= 0.3 is 5.97 Å². The molecule has 1 fully saturated rings. The lowest BCUT2D eigenvalue weighted by Gasteiger charge is -2.21. The normalized spacial score (nSPS) is 16.6. The standard InChI is InChI=1S/C19H20N2O4/c22-18(21-11-3-5-17(21)19(23)24)12-14-6-8-16(9-7-14)25-13-15-4-1-2-10-20-15/h1-2,4,6-10,17H,3,5,11-13H2,(H,23,24)/t17-/m0/s1. The van der Waals surface area contributed by atoms with Gasteiger partial charge in [0, 0.05) is 12.7 Å². The molecule has 1 atom stereocenters. The van der Waals surface area contributed by atoms with E-state index >= 15 is 0 Å². The fraction of sp³-hybridized carbons (Fsp3) is 0.316. The Labute approximate surface area is 146 Å². The largest absolute Gasteiger partial charge is 0.487 e. The lowest BCUT2D eigenvalue weighted by molar-refractivity contribution is -0.148. The molecule has 0 unspecified atom stereocenters. The number of hydrogen-bond acceptors (Lipinski definition) is 4. The molecule has 0 radical (unpaired) electrons. The molecule has 1 N–H and O–H groups in total. The zero-order chi connectivity index (χ0) is 17.6. The van der Waals surface area contributed by atoms with Crippen LogP contribution >= 0.6 is 0 Å².